The van der Waals surface area contributed by atoms with Gasteiger partial charge in [-0.3, -0.25) is 24.1 Å². The molecule has 4 saturated carbocycles. The van der Waals surface area contributed by atoms with Gasteiger partial charge in [0.25, 0.3) is 0 Å². The van der Waals surface area contributed by atoms with E-state index in [1.807, 2.05) is 6.92 Å². The van der Waals surface area contributed by atoms with E-state index in [0.29, 0.717) is 22.5 Å². The number of hydrogen-bond acceptors (Lipinski definition) is 4. The van der Waals surface area contributed by atoms with E-state index in [1.54, 1.807) is 0 Å². The molecule has 0 bridgehead atoms. The molecule has 8 atom stereocenters. The largest absolute Gasteiger partial charge is 0.481 e. The van der Waals surface area contributed by atoms with E-state index < -0.39 is 5.97 Å². The van der Waals surface area contributed by atoms with Crippen LogP contribution in [0.25, 0.3) is 0 Å². The number of carboxylic acid groups (broad SMARTS) is 1. The normalized spacial score (nSPS) is 42.5. The second-order valence-electron chi connectivity index (χ2n) is 12.9. The minimum Gasteiger partial charge on any atom is -0.481 e. The Morgan fingerprint density at radius 2 is 1.54 bits per heavy atom. The molecule has 4 aliphatic carbocycles. The molecule has 35 heavy (non-hydrogen) atoms. The number of carbonyl (C=O) groups is 4. The highest BCUT2D eigenvalue weighted by Gasteiger charge is 2.60. The monoisotopic (exact) mass is 487 g/mol. The van der Waals surface area contributed by atoms with Gasteiger partial charge in [-0.1, -0.05) is 27.2 Å². The molecular formula is C29H45NO5. The van der Waals surface area contributed by atoms with Crippen molar-refractivity contribution in [1.82, 2.24) is 4.90 Å². The highest BCUT2D eigenvalue weighted by atomic mass is 16.4. The van der Waals surface area contributed by atoms with Crippen LogP contribution in [0.2, 0.25) is 0 Å². The smallest absolute Gasteiger partial charge is 0.305 e. The quantitative estimate of drug-likeness (QED) is 0.530. The first-order chi connectivity index (χ1) is 16.5. The highest BCUT2D eigenvalue weighted by Crippen LogP contribution is 2.67. The van der Waals surface area contributed by atoms with E-state index in [0.717, 1.165) is 34.5 Å². The van der Waals surface area contributed by atoms with Crippen molar-refractivity contribution >= 4 is 23.6 Å². The molecule has 6 nitrogen and oxygen atoms in total. The summed E-state index contributed by atoms with van der Waals surface area (Å²) in [4.78, 5) is 45.1. The average Bonchev–Trinajstić information content (AvgIpc) is 3.31. The molecule has 5 rings (SSSR count). The molecule has 0 radical (unpaired) electrons. The standard InChI is InChI=1S/C22H36O.C7H9NO4/c1-14-9-11-21(3)16(13-14)5-6-17-19-8-7-18(15(2)23)22(19,4)12-10-20(17)21;9-5-1-2-6(10)8(5)4-3-7(11)12/h14,16-20H,5-13H2,1-4H3;1-4H2,(H,11,12). The number of nitrogens with zero attached hydrogens (tertiary/aromatic N) is 1. The van der Waals surface area contributed by atoms with Crippen molar-refractivity contribution in [2.24, 2.45) is 46.3 Å². The topological polar surface area (TPSA) is 91.8 Å². The third-order valence-electron chi connectivity index (χ3n) is 11.1. The number of likely N-dealkylation sites (tertiary alicyclic amines) is 1. The van der Waals surface area contributed by atoms with Crippen LogP contribution in [0.15, 0.2) is 0 Å². The molecule has 0 spiro atoms. The summed E-state index contributed by atoms with van der Waals surface area (Å²) in [5.41, 5.74) is 0.948. The number of Topliss-reactive ketones (excluding diaryl/α,β-unsaturated/α-hetero) is 1. The first kappa shape index (κ1) is 26.3. The zero-order chi connectivity index (χ0) is 25.5. The summed E-state index contributed by atoms with van der Waals surface area (Å²) in [6, 6.07) is 0. The van der Waals surface area contributed by atoms with Crippen LogP contribution in [0, 0.1) is 46.3 Å². The van der Waals surface area contributed by atoms with Crippen molar-refractivity contribution in [1.29, 1.82) is 0 Å². The van der Waals surface area contributed by atoms with Crippen molar-refractivity contribution in [3.8, 4) is 0 Å². The number of imide groups is 1. The second-order valence-corrected chi connectivity index (χ2v) is 12.9. The maximum Gasteiger partial charge on any atom is 0.305 e. The number of ketones is 1. The molecule has 5 fully saturated rings. The van der Waals surface area contributed by atoms with Crippen molar-refractivity contribution in [3.63, 3.8) is 0 Å². The molecule has 196 valence electrons. The molecule has 0 aromatic carbocycles. The minimum atomic E-state index is -0.998. The Balaban J connectivity index is 0.000000204. The van der Waals surface area contributed by atoms with Crippen LogP contribution < -0.4 is 0 Å². The summed E-state index contributed by atoms with van der Waals surface area (Å²) in [7, 11) is 0. The van der Waals surface area contributed by atoms with Crippen molar-refractivity contribution in [3.05, 3.63) is 0 Å². The van der Waals surface area contributed by atoms with Gasteiger partial charge in [0.05, 0.1) is 6.42 Å². The van der Waals surface area contributed by atoms with Crippen molar-refractivity contribution in [2.75, 3.05) is 6.54 Å². The molecule has 0 aromatic heterocycles. The first-order valence-electron chi connectivity index (χ1n) is 14.0. The summed E-state index contributed by atoms with van der Waals surface area (Å²) in [6.45, 7) is 9.46. The summed E-state index contributed by atoms with van der Waals surface area (Å²) in [6.07, 6.45) is 12.8. The number of carbonyl (C=O) groups excluding carboxylic acids is 3. The summed E-state index contributed by atoms with van der Waals surface area (Å²) >= 11 is 0. The Morgan fingerprint density at radius 3 is 2.17 bits per heavy atom. The summed E-state index contributed by atoms with van der Waals surface area (Å²) < 4.78 is 0. The van der Waals surface area contributed by atoms with Gasteiger partial charge in [0, 0.05) is 25.3 Å². The van der Waals surface area contributed by atoms with Crippen LogP contribution in [-0.2, 0) is 19.2 Å². The van der Waals surface area contributed by atoms with E-state index >= 15 is 0 Å². The maximum absolute atomic E-state index is 12.2. The molecule has 1 heterocycles. The summed E-state index contributed by atoms with van der Waals surface area (Å²) in [5, 5.41) is 8.30. The van der Waals surface area contributed by atoms with Crippen LogP contribution in [0.3, 0.4) is 0 Å². The van der Waals surface area contributed by atoms with E-state index in [-0.39, 0.29) is 37.6 Å². The molecular weight excluding hydrogens is 442 g/mol. The SMILES string of the molecule is CC(=O)C1CCC2C3CCC4CC(C)CCC4(C)C3CCC12C.O=C(O)CCN1C(=O)CCC1=O. The van der Waals surface area contributed by atoms with Gasteiger partial charge in [-0.25, -0.2) is 0 Å². The van der Waals surface area contributed by atoms with Gasteiger partial charge in [-0.2, -0.15) is 0 Å². The van der Waals surface area contributed by atoms with Gasteiger partial charge in [0.1, 0.15) is 5.78 Å². The minimum absolute atomic E-state index is 0.00694. The number of fused-ring (bicyclic) bond motifs is 5. The van der Waals surface area contributed by atoms with E-state index in [2.05, 4.69) is 20.8 Å². The van der Waals surface area contributed by atoms with Gasteiger partial charge in [-0.15, -0.1) is 0 Å². The molecule has 8 unspecified atom stereocenters. The fraction of sp³-hybridized carbons (Fsp3) is 0.862. The van der Waals surface area contributed by atoms with E-state index in [1.165, 1.54) is 57.8 Å². The highest BCUT2D eigenvalue weighted by molar-refractivity contribution is 6.02. The molecule has 2 amide bonds. The van der Waals surface area contributed by atoms with Gasteiger partial charge in [0.2, 0.25) is 11.8 Å². The molecule has 0 aromatic rings. The van der Waals surface area contributed by atoms with Gasteiger partial charge >= 0.3 is 5.97 Å². The van der Waals surface area contributed by atoms with E-state index in [4.69, 9.17) is 5.11 Å². The van der Waals surface area contributed by atoms with Crippen molar-refractivity contribution < 1.29 is 24.3 Å². The number of aliphatic carboxylic acids is 1. The number of carboxylic acids is 1. The maximum atomic E-state index is 12.2. The van der Waals surface area contributed by atoms with Crippen LogP contribution >= 0.6 is 0 Å². The van der Waals surface area contributed by atoms with Gasteiger partial charge < -0.3 is 5.11 Å². The van der Waals surface area contributed by atoms with Gasteiger partial charge in [0.15, 0.2) is 0 Å². The molecule has 1 aliphatic heterocycles. The lowest BCUT2D eigenvalue weighted by Crippen LogP contribution is -2.53. The second kappa shape index (κ2) is 9.97. The predicted octanol–water partition coefficient (Wildman–Crippen LogP) is 5.48. The Hall–Kier alpha value is -1.72. The predicted molar refractivity (Wildman–Crippen MR) is 133 cm³/mol. The molecule has 1 saturated heterocycles. The van der Waals surface area contributed by atoms with Crippen molar-refractivity contribution in [2.45, 2.75) is 105 Å². The van der Waals surface area contributed by atoms with E-state index in [9.17, 15) is 19.2 Å². The first-order valence-corrected chi connectivity index (χ1v) is 14.0. The summed E-state index contributed by atoms with van der Waals surface area (Å²) in [5.74, 6) is 3.97. The molecule has 6 heteroatoms. The Morgan fingerprint density at radius 1 is 0.914 bits per heavy atom. The average molecular weight is 488 g/mol. The Bertz CT molecular complexity index is 853. The van der Waals surface area contributed by atoms with Crippen LogP contribution in [-0.4, -0.2) is 40.1 Å². The Labute approximate surface area is 210 Å². The third-order valence-corrected chi connectivity index (χ3v) is 11.1. The third kappa shape index (κ3) is 4.83. The lowest BCUT2D eigenvalue weighted by molar-refractivity contribution is -0.141. The lowest BCUT2D eigenvalue weighted by atomic mass is 9.44. The molecule has 5 aliphatic rings. The number of rotatable bonds is 4. The fourth-order valence-corrected chi connectivity index (χ4v) is 9.22. The number of hydrogen-bond donors (Lipinski definition) is 1. The molecule has 1 N–H and O–H groups in total. The van der Waals surface area contributed by atoms with Crippen LogP contribution in [0.5, 0.6) is 0 Å². The Kier molecular flexibility index (Phi) is 7.51. The van der Waals surface area contributed by atoms with Gasteiger partial charge in [-0.05, 0) is 98.7 Å². The zero-order valence-electron chi connectivity index (χ0n) is 22.2. The van der Waals surface area contributed by atoms with Crippen LogP contribution in [0.4, 0.5) is 0 Å². The van der Waals surface area contributed by atoms with Crippen LogP contribution in [0.1, 0.15) is 105 Å². The lowest BCUT2D eigenvalue weighted by Gasteiger charge is -2.61. The number of amides is 2. The fourth-order valence-electron chi connectivity index (χ4n) is 9.22. The zero-order valence-corrected chi connectivity index (χ0v) is 22.2.